The summed E-state index contributed by atoms with van der Waals surface area (Å²) < 4.78 is 15.8. The van der Waals surface area contributed by atoms with E-state index in [1.54, 1.807) is 12.1 Å². The van der Waals surface area contributed by atoms with Gasteiger partial charge in [0, 0.05) is 12.1 Å². The number of esters is 1. The van der Waals surface area contributed by atoms with E-state index >= 15 is 0 Å². The zero-order chi connectivity index (χ0) is 18.4. The van der Waals surface area contributed by atoms with Crippen molar-refractivity contribution >= 4 is 29.6 Å². The Morgan fingerprint density at radius 2 is 2.08 bits per heavy atom. The van der Waals surface area contributed by atoms with Crippen molar-refractivity contribution < 1.29 is 23.8 Å². The second kappa shape index (κ2) is 8.76. The van der Waals surface area contributed by atoms with Gasteiger partial charge in [-0.05, 0) is 50.5 Å². The van der Waals surface area contributed by atoms with Crippen LogP contribution in [0.5, 0.6) is 11.5 Å². The Balaban J connectivity index is 1.95. The Bertz CT molecular complexity index is 668. The molecule has 1 aliphatic rings. The second-order valence-electron chi connectivity index (χ2n) is 5.98. The summed E-state index contributed by atoms with van der Waals surface area (Å²) in [5.74, 6) is 0.0290. The standard InChI is InChI=1S/C18H22ClNO5/c1-11(2)25-18-14(19)8-12(9-15(18)23-3)4-7-17(22)24-10-16(21)20-13-5-6-13/h4,7-9,11,13H,5-6,10H2,1-3H3,(H,20,21)/b7-4+. The van der Waals surface area contributed by atoms with E-state index in [2.05, 4.69) is 5.32 Å². The Morgan fingerprint density at radius 1 is 1.36 bits per heavy atom. The molecule has 2 rings (SSSR count). The quantitative estimate of drug-likeness (QED) is 0.564. The van der Waals surface area contributed by atoms with Crippen LogP contribution in [0.15, 0.2) is 18.2 Å². The number of nitrogens with one attached hydrogen (secondary N) is 1. The van der Waals surface area contributed by atoms with Crippen LogP contribution in [0.3, 0.4) is 0 Å². The van der Waals surface area contributed by atoms with Gasteiger partial charge in [0.15, 0.2) is 18.1 Å². The summed E-state index contributed by atoms with van der Waals surface area (Å²) in [5, 5.41) is 3.12. The van der Waals surface area contributed by atoms with E-state index in [9.17, 15) is 9.59 Å². The summed E-state index contributed by atoms with van der Waals surface area (Å²) in [6.45, 7) is 3.49. The highest BCUT2D eigenvalue weighted by molar-refractivity contribution is 6.32. The summed E-state index contributed by atoms with van der Waals surface area (Å²) >= 11 is 6.22. The van der Waals surface area contributed by atoms with E-state index in [-0.39, 0.29) is 24.7 Å². The molecular weight excluding hydrogens is 346 g/mol. The van der Waals surface area contributed by atoms with E-state index in [0.29, 0.717) is 22.1 Å². The molecule has 0 atom stereocenters. The largest absolute Gasteiger partial charge is 0.493 e. The third-order valence-corrected chi connectivity index (χ3v) is 3.59. The van der Waals surface area contributed by atoms with Crippen LogP contribution in [0.4, 0.5) is 0 Å². The lowest BCUT2D eigenvalue weighted by Crippen LogP contribution is -2.30. The first-order valence-electron chi connectivity index (χ1n) is 8.07. The number of amides is 1. The Morgan fingerprint density at radius 3 is 2.68 bits per heavy atom. The maximum absolute atomic E-state index is 11.7. The Labute approximate surface area is 152 Å². The summed E-state index contributed by atoms with van der Waals surface area (Å²) in [6, 6.07) is 3.60. The number of halogens is 1. The number of hydrogen-bond donors (Lipinski definition) is 1. The second-order valence-corrected chi connectivity index (χ2v) is 6.39. The monoisotopic (exact) mass is 367 g/mol. The van der Waals surface area contributed by atoms with E-state index < -0.39 is 5.97 Å². The number of carbonyl (C=O) groups excluding carboxylic acids is 2. The normalized spacial score (nSPS) is 13.8. The summed E-state index contributed by atoms with van der Waals surface area (Å²) in [7, 11) is 1.51. The van der Waals surface area contributed by atoms with Crippen molar-refractivity contribution in [2.75, 3.05) is 13.7 Å². The van der Waals surface area contributed by atoms with Crippen molar-refractivity contribution in [3.63, 3.8) is 0 Å². The molecule has 1 aromatic rings. The predicted octanol–water partition coefficient (Wildman–Crippen LogP) is 2.97. The molecule has 136 valence electrons. The minimum Gasteiger partial charge on any atom is -0.493 e. The van der Waals surface area contributed by atoms with E-state index in [1.807, 2.05) is 13.8 Å². The molecule has 1 fully saturated rings. The van der Waals surface area contributed by atoms with Crippen LogP contribution in [-0.2, 0) is 14.3 Å². The highest BCUT2D eigenvalue weighted by Gasteiger charge is 2.23. The third kappa shape index (κ3) is 6.31. The molecule has 0 radical (unpaired) electrons. The van der Waals surface area contributed by atoms with E-state index in [1.165, 1.54) is 19.3 Å². The molecule has 0 spiro atoms. The SMILES string of the molecule is COc1cc(/C=C/C(=O)OCC(=O)NC2CC2)cc(Cl)c1OC(C)C. The highest BCUT2D eigenvalue weighted by Crippen LogP contribution is 2.37. The van der Waals surface area contributed by atoms with Crippen molar-refractivity contribution in [1.82, 2.24) is 5.32 Å². The van der Waals surface area contributed by atoms with Crippen LogP contribution in [0, 0.1) is 0 Å². The van der Waals surface area contributed by atoms with Gasteiger partial charge < -0.3 is 19.5 Å². The average Bonchev–Trinajstić information content (AvgIpc) is 3.36. The van der Waals surface area contributed by atoms with E-state index in [0.717, 1.165) is 12.8 Å². The average molecular weight is 368 g/mol. The molecule has 0 unspecified atom stereocenters. The lowest BCUT2D eigenvalue weighted by Gasteiger charge is -2.15. The zero-order valence-corrected chi connectivity index (χ0v) is 15.3. The fourth-order valence-electron chi connectivity index (χ4n) is 2.03. The van der Waals surface area contributed by atoms with Crippen molar-refractivity contribution in [3.8, 4) is 11.5 Å². The highest BCUT2D eigenvalue weighted by atomic mass is 35.5. The van der Waals surface area contributed by atoms with Gasteiger partial charge in [-0.15, -0.1) is 0 Å². The van der Waals surface area contributed by atoms with Gasteiger partial charge in [-0.3, -0.25) is 4.79 Å². The number of methoxy groups -OCH3 is 1. The third-order valence-electron chi connectivity index (χ3n) is 3.31. The summed E-state index contributed by atoms with van der Waals surface area (Å²) in [6.07, 6.45) is 4.69. The van der Waals surface area contributed by atoms with Crippen LogP contribution in [0.25, 0.3) is 6.08 Å². The van der Waals surface area contributed by atoms with Gasteiger partial charge >= 0.3 is 5.97 Å². The molecule has 0 aromatic heterocycles. The molecule has 1 N–H and O–H groups in total. The van der Waals surface area contributed by atoms with Gasteiger partial charge in [0.05, 0.1) is 18.2 Å². The van der Waals surface area contributed by atoms with Crippen LogP contribution >= 0.6 is 11.6 Å². The Kier molecular flexibility index (Phi) is 6.70. The lowest BCUT2D eigenvalue weighted by atomic mass is 10.2. The van der Waals surface area contributed by atoms with Crippen molar-refractivity contribution in [3.05, 3.63) is 28.8 Å². The minimum atomic E-state index is -0.608. The number of benzene rings is 1. The molecule has 0 aliphatic heterocycles. The van der Waals surface area contributed by atoms with Crippen molar-refractivity contribution in [1.29, 1.82) is 0 Å². The molecule has 0 saturated heterocycles. The topological polar surface area (TPSA) is 73.9 Å². The molecule has 7 heteroatoms. The van der Waals surface area contributed by atoms with Crippen molar-refractivity contribution in [2.45, 2.75) is 38.8 Å². The van der Waals surface area contributed by atoms with Gasteiger partial charge in [0.1, 0.15) is 0 Å². The molecular formula is C18H22ClNO5. The molecule has 1 amide bonds. The molecule has 25 heavy (non-hydrogen) atoms. The fourth-order valence-corrected chi connectivity index (χ4v) is 2.30. The van der Waals surface area contributed by atoms with Crippen molar-refractivity contribution in [2.24, 2.45) is 0 Å². The van der Waals surface area contributed by atoms with Crippen LogP contribution in [-0.4, -0.2) is 37.7 Å². The number of rotatable bonds is 8. The minimum absolute atomic E-state index is 0.0513. The maximum Gasteiger partial charge on any atom is 0.331 e. The smallest absolute Gasteiger partial charge is 0.331 e. The van der Waals surface area contributed by atoms with Gasteiger partial charge in [-0.1, -0.05) is 11.6 Å². The molecule has 1 aromatic carbocycles. The molecule has 6 nitrogen and oxygen atoms in total. The number of carbonyl (C=O) groups is 2. The molecule has 0 bridgehead atoms. The lowest BCUT2D eigenvalue weighted by molar-refractivity contribution is -0.143. The molecule has 1 aliphatic carbocycles. The molecule has 1 saturated carbocycles. The summed E-state index contributed by atoms with van der Waals surface area (Å²) in [5.41, 5.74) is 0.650. The van der Waals surface area contributed by atoms with Crippen LogP contribution < -0.4 is 14.8 Å². The number of hydrogen-bond acceptors (Lipinski definition) is 5. The zero-order valence-electron chi connectivity index (χ0n) is 14.5. The first-order valence-corrected chi connectivity index (χ1v) is 8.45. The fraction of sp³-hybridized carbons (Fsp3) is 0.444. The van der Waals surface area contributed by atoms with Gasteiger partial charge in [-0.2, -0.15) is 0 Å². The first kappa shape index (κ1) is 19.1. The maximum atomic E-state index is 11.7. The Hall–Kier alpha value is -2.21. The molecule has 0 heterocycles. The van der Waals surface area contributed by atoms with Crippen LogP contribution in [0.1, 0.15) is 32.3 Å². The van der Waals surface area contributed by atoms with Gasteiger partial charge in [0.25, 0.3) is 5.91 Å². The first-order chi connectivity index (χ1) is 11.9. The number of ether oxygens (including phenoxy) is 3. The van der Waals surface area contributed by atoms with Crippen LogP contribution in [0.2, 0.25) is 5.02 Å². The van der Waals surface area contributed by atoms with Gasteiger partial charge in [0.2, 0.25) is 0 Å². The van der Waals surface area contributed by atoms with Gasteiger partial charge in [-0.25, -0.2) is 4.79 Å². The predicted molar refractivity (Wildman–Crippen MR) is 94.9 cm³/mol. The van der Waals surface area contributed by atoms with E-state index in [4.69, 9.17) is 25.8 Å². The summed E-state index contributed by atoms with van der Waals surface area (Å²) in [4.78, 5) is 23.2.